The van der Waals surface area contributed by atoms with Gasteiger partial charge in [-0.1, -0.05) is 6.58 Å². The van der Waals surface area contributed by atoms with Crippen LogP contribution in [0.1, 0.15) is 6.92 Å². The molecule has 0 unspecified atom stereocenters. The van der Waals surface area contributed by atoms with Crippen LogP contribution >= 0.6 is 0 Å². The molecule has 0 heterocycles. The molecule has 0 amide bonds. The zero-order valence-corrected chi connectivity index (χ0v) is 14.7. The van der Waals surface area contributed by atoms with Gasteiger partial charge < -0.3 is 9.90 Å². The molecule has 1 radical (unpaired) electrons. The van der Waals surface area contributed by atoms with Gasteiger partial charge in [-0.25, -0.2) is 0 Å². The van der Waals surface area contributed by atoms with Crippen LogP contribution in [-0.4, -0.2) is 30.2 Å². The van der Waals surface area contributed by atoms with Crippen LogP contribution in [0.4, 0.5) is 0 Å². The van der Waals surface area contributed by atoms with Gasteiger partial charge in [0.25, 0.3) is 0 Å². The van der Waals surface area contributed by atoms with Gasteiger partial charge in [-0.2, -0.15) is 0 Å². The van der Waals surface area contributed by atoms with E-state index in [4.69, 9.17) is 0 Å². The van der Waals surface area contributed by atoms with E-state index in [0.29, 0.717) is 0 Å². The van der Waals surface area contributed by atoms with Gasteiger partial charge in [0.2, 0.25) is 0 Å². The molecule has 3 heteroatoms. The SMILES string of the molecule is C=C(C)C(=O)[O-].c1cc[c]([Pb+][c]2ccccc2)cc1. The second-order valence-electron chi connectivity index (χ2n) is 3.92. The summed E-state index contributed by atoms with van der Waals surface area (Å²) in [6.45, 7) is 4.48. The third-order valence-corrected chi connectivity index (χ3v) is 7.02. The van der Waals surface area contributed by atoms with Crippen LogP contribution in [-0.2, 0) is 4.79 Å². The van der Waals surface area contributed by atoms with Crippen molar-refractivity contribution in [2.24, 2.45) is 0 Å². The molecule has 0 aliphatic carbocycles. The number of aliphatic carboxylic acids is 1. The van der Waals surface area contributed by atoms with E-state index >= 15 is 0 Å². The third-order valence-electron chi connectivity index (χ3n) is 2.18. The van der Waals surface area contributed by atoms with Crippen LogP contribution in [0, 0.1) is 0 Å². The first-order valence-electron chi connectivity index (χ1n) is 5.83. The van der Waals surface area contributed by atoms with E-state index < -0.39 is 30.2 Å². The Hall–Kier alpha value is -1.43. The van der Waals surface area contributed by atoms with E-state index in [1.54, 1.807) is 6.25 Å². The molecule has 0 aliphatic heterocycles. The van der Waals surface area contributed by atoms with Gasteiger partial charge in [0.1, 0.15) is 0 Å². The van der Waals surface area contributed by atoms with Crippen molar-refractivity contribution in [1.29, 1.82) is 0 Å². The van der Waals surface area contributed by atoms with Gasteiger partial charge >= 0.3 is 91.1 Å². The second-order valence-corrected chi connectivity index (χ2v) is 9.39. The minimum absolute atomic E-state index is 0.0648. The Balaban J connectivity index is 0.000000258. The zero-order chi connectivity index (χ0) is 14.1. The number of carboxylic acids is 1. The van der Waals surface area contributed by atoms with E-state index in [2.05, 4.69) is 67.2 Å². The summed E-state index contributed by atoms with van der Waals surface area (Å²) < 4.78 is 3.13. The number of hydrogen-bond acceptors (Lipinski definition) is 2. The Bertz CT molecular complexity index is 471. The predicted octanol–water partition coefficient (Wildman–Crippen LogP) is 0.654. The average molecular weight is 446 g/mol. The van der Waals surface area contributed by atoms with E-state index in [1.807, 2.05) is 0 Å². The summed E-state index contributed by atoms with van der Waals surface area (Å²) in [4.78, 5) is 9.49. The number of hydrogen-bond donors (Lipinski definition) is 0. The summed E-state index contributed by atoms with van der Waals surface area (Å²) in [7, 11) is 0. The van der Waals surface area contributed by atoms with Crippen molar-refractivity contribution in [3.63, 3.8) is 0 Å². The Morgan fingerprint density at radius 1 is 0.947 bits per heavy atom. The predicted molar refractivity (Wildman–Crippen MR) is 77.7 cm³/mol. The molecule has 2 aromatic rings. The number of carboxylic acid groups (broad SMARTS) is 1. The van der Waals surface area contributed by atoms with E-state index in [0.717, 1.165) is 0 Å². The minimum atomic E-state index is -1.19. The van der Waals surface area contributed by atoms with E-state index in [1.165, 1.54) is 6.92 Å². The normalized spacial score (nSPS) is 8.89. The second kappa shape index (κ2) is 8.64. The van der Waals surface area contributed by atoms with Crippen molar-refractivity contribution in [3.05, 3.63) is 72.8 Å². The maximum atomic E-state index is 9.49. The number of rotatable bonds is 3. The van der Waals surface area contributed by atoms with Gasteiger partial charge in [-0.05, 0) is 12.5 Å². The van der Waals surface area contributed by atoms with Crippen molar-refractivity contribution < 1.29 is 9.90 Å². The Morgan fingerprint density at radius 2 is 1.26 bits per heavy atom. The van der Waals surface area contributed by atoms with Crippen LogP contribution in [0.25, 0.3) is 0 Å². The van der Waals surface area contributed by atoms with Gasteiger partial charge in [0, 0.05) is 0 Å². The molecule has 0 bridgehead atoms. The van der Waals surface area contributed by atoms with Gasteiger partial charge in [-0.3, -0.25) is 0 Å². The molecule has 95 valence electrons. The van der Waals surface area contributed by atoms with Crippen LogP contribution < -0.4 is 11.4 Å². The van der Waals surface area contributed by atoms with E-state index in [-0.39, 0.29) is 5.57 Å². The maximum absolute atomic E-state index is 9.49. The van der Waals surface area contributed by atoms with Gasteiger partial charge in [-0.15, -0.1) is 0 Å². The quantitative estimate of drug-likeness (QED) is 0.513. The fourth-order valence-corrected chi connectivity index (χ4v) is 5.30. The molecule has 0 N–H and O–H groups in total. The summed E-state index contributed by atoms with van der Waals surface area (Å²) in [5.41, 5.74) is 0.0648. The van der Waals surface area contributed by atoms with Gasteiger partial charge in [0.15, 0.2) is 0 Å². The fourth-order valence-electron chi connectivity index (χ4n) is 1.21. The average Bonchev–Trinajstić information content (AvgIpc) is 2.41. The summed E-state index contributed by atoms with van der Waals surface area (Å²) in [6.07, 6.45) is 0. The first kappa shape index (κ1) is 15.6. The molecule has 19 heavy (non-hydrogen) atoms. The molecule has 0 fully saturated rings. The van der Waals surface area contributed by atoms with Crippen LogP contribution in [0.3, 0.4) is 0 Å². The molecular weight excluding hydrogens is 431 g/mol. The number of carbonyl (C=O) groups excluding carboxylic acids is 1. The first-order chi connectivity index (χ1) is 9.09. The van der Waals surface area contributed by atoms with Crippen molar-refractivity contribution in [3.8, 4) is 0 Å². The summed E-state index contributed by atoms with van der Waals surface area (Å²) >= 11 is -0.740. The van der Waals surface area contributed by atoms with Crippen LogP contribution in [0.5, 0.6) is 0 Å². The standard InChI is InChI=1S/2C6H5.C4H6O2.Pb/c2*1-2-4-6-5-3-1;1-3(2)4(5)6;/h2*1-5H;1H2,2H3,(H,5,6);/q;;;+1/p-1. The number of benzene rings is 2. The van der Waals surface area contributed by atoms with Crippen LogP contribution in [0.15, 0.2) is 72.8 Å². The molecule has 0 aliphatic rings. The van der Waals surface area contributed by atoms with Crippen molar-refractivity contribution in [2.75, 3.05) is 0 Å². The summed E-state index contributed by atoms with van der Waals surface area (Å²) in [6, 6.07) is 21.7. The van der Waals surface area contributed by atoms with Crippen LogP contribution in [0.2, 0.25) is 0 Å². The molecule has 2 aromatic carbocycles. The van der Waals surface area contributed by atoms with Gasteiger partial charge in [0.05, 0.1) is 5.97 Å². The molecular formula is C16H15O2Pb. The monoisotopic (exact) mass is 447 g/mol. The summed E-state index contributed by atoms with van der Waals surface area (Å²) in [5, 5.41) is 9.49. The van der Waals surface area contributed by atoms with Crippen molar-refractivity contribution >= 4 is 36.5 Å². The molecule has 2 nitrogen and oxygen atoms in total. The zero-order valence-electron chi connectivity index (χ0n) is 10.8. The van der Waals surface area contributed by atoms with Crippen molar-refractivity contribution in [2.45, 2.75) is 6.92 Å². The molecule has 2 rings (SSSR count). The van der Waals surface area contributed by atoms with Crippen molar-refractivity contribution in [1.82, 2.24) is 0 Å². The Labute approximate surface area is 126 Å². The third kappa shape index (κ3) is 6.91. The Morgan fingerprint density at radius 3 is 1.53 bits per heavy atom. The molecule has 0 atom stereocenters. The molecule has 0 spiro atoms. The first-order valence-corrected chi connectivity index (χ1v) is 9.72. The number of carbonyl (C=O) groups is 1. The fraction of sp³-hybridized carbons (Fsp3) is 0.0625. The summed E-state index contributed by atoms with van der Waals surface area (Å²) in [5.74, 6) is -1.19. The molecule has 0 saturated carbocycles. The Kier molecular flexibility index (Phi) is 7.10. The topological polar surface area (TPSA) is 40.1 Å². The molecule has 0 aromatic heterocycles. The molecule has 0 saturated heterocycles. The van der Waals surface area contributed by atoms with E-state index in [9.17, 15) is 9.90 Å².